The molecule has 3 aromatic rings. The van der Waals surface area contributed by atoms with Crippen LogP contribution in [0.15, 0.2) is 51.4 Å². The van der Waals surface area contributed by atoms with Crippen molar-refractivity contribution in [2.45, 2.75) is 4.90 Å². The monoisotopic (exact) mass is 453 g/mol. The summed E-state index contributed by atoms with van der Waals surface area (Å²) in [5.41, 5.74) is 1.40. The van der Waals surface area contributed by atoms with Crippen LogP contribution in [0.2, 0.25) is 5.02 Å². The summed E-state index contributed by atoms with van der Waals surface area (Å²) in [6.45, 7) is 1.07. The minimum Gasteiger partial charge on any atom is -0.335 e. The third-order valence-electron chi connectivity index (χ3n) is 4.47. The molecule has 0 bridgehead atoms. The number of aromatic nitrogens is 1. The van der Waals surface area contributed by atoms with Crippen LogP contribution in [0, 0.1) is 0 Å². The lowest BCUT2D eigenvalue weighted by Crippen LogP contribution is -2.50. The first-order valence-corrected chi connectivity index (χ1v) is 12.1. The molecule has 10 heteroatoms. The van der Waals surface area contributed by atoms with Gasteiger partial charge in [-0.15, -0.1) is 11.3 Å². The molecule has 2 aromatic heterocycles. The van der Waals surface area contributed by atoms with Crippen LogP contribution in [-0.4, -0.2) is 54.7 Å². The number of benzene rings is 1. The topological polar surface area (TPSA) is 70.6 Å². The van der Waals surface area contributed by atoms with Crippen molar-refractivity contribution < 1.29 is 13.2 Å². The molecule has 4 rings (SSSR count). The Morgan fingerprint density at radius 3 is 2.50 bits per heavy atom. The van der Waals surface area contributed by atoms with Crippen LogP contribution in [0.5, 0.6) is 0 Å². The van der Waals surface area contributed by atoms with Crippen LogP contribution in [0.1, 0.15) is 10.5 Å². The molecular formula is C18H16ClN3O3S3. The van der Waals surface area contributed by atoms with Gasteiger partial charge in [0.15, 0.2) is 0 Å². The zero-order chi connectivity index (χ0) is 19.7. The lowest BCUT2D eigenvalue weighted by molar-refractivity contribution is 0.0693. The maximum Gasteiger partial charge on any atom is 0.273 e. The number of sulfonamides is 1. The van der Waals surface area contributed by atoms with Crippen LogP contribution >= 0.6 is 34.3 Å². The van der Waals surface area contributed by atoms with E-state index >= 15 is 0 Å². The summed E-state index contributed by atoms with van der Waals surface area (Å²) in [6.07, 6.45) is 0. The second kappa shape index (κ2) is 7.92. The molecule has 3 heterocycles. The van der Waals surface area contributed by atoms with Crippen LogP contribution in [0.25, 0.3) is 10.6 Å². The third kappa shape index (κ3) is 3.72. The smallest absolute Gasteiger partial charge is 0.273 e. The van der Waals surface area contributed by atoms with Crippen molar-refractivity contribution in [3.8, 4) is 10.6 Å². The standard InChI is InChI=1S/C18H16ClN3O3S3/c19-14-3-1-2-4-16(14)28(24,25)22-8-6-21(7-9-22)18(23)15-12-27-17(20-15)13-5-10-26-11-13/h1-5,10-12H,6-9H2. The summed E-state index contributed by atoms with van der Waals surface area (Å²) in [7, 11) is -3.68. The van der Waals surface area contributed by atoms with E-state index in [0.717, 1.165) is 10.6 Å². The van der Waals surface area contributed by atoms with Crippen LogP contribution in [0.3, 0.4) is 0 Å². The lowest BCUT2D eigenvalue weighted by atomic mass is 10.3. The van der Waals surface area contributed by atoms with Crippen molar-refractivity contribution in [3.05, 3.63) is 57.2 Å². The fourth-order valence-electron chi connectivity index (χ4n) is 2.98. The average Bonchev–Trinajstić information content (AvgIpc) is 3.39. The summed E-state index contributed by atoms with van der Waals surface area (Å²) < 4.78 is 27.0. The van der Waals surface area contributed by atoms with Gasteiger partial charge in [-0.1, -0.05) is 23.7 Å². The summed E-state index contributed by atoms with van der Waals surface area (Å²) >= 11 is 9.07. The highest BCUT2D eigenvalue weighted by molar-refractivity contribution is 7.89. The Bertz CT molecular complexity index is 1090. The Morgan fingerprint density at radius 1 is 1.07 bits per heavy atom. The average molecular weight is 454 g/mol. The second-order valence-electron chi connectivity index (χ2n) is 6.18. The number of nitrogens with zero attached hydrogens (tertiary/aromatic N) is 3. The van der Waals surface area contributed by atoms with Gasteiger partial charge in [-0.25, -0.2) is 13.4 Å². The molecule has 0 N–H and O–H groups in total. The van der Waals surface area contributed by atoms with Gasteiger partial charge in [0.05, 0.1) is 5.02 Å². The van der Waals surface area contributed by atoms with Gasteiger partial charge < -0.3 is 4.90 Å². The van der Waals surface area contributed by atoms with E-state index < -0.39 is 10.0 Å². The van der Waals surface area contributed by atoms with E-state index in [-0.39, 0.29) is 28.9 Å². The largest absolute Gasteiger partial charge is 0.335 e. The Balaban J connectivity index is 1.44. The summed E-state index contributed by atoms with van der Waals surface area (Å²) in [5.74, 6) is -0.174. The molecule has 1 saturated heterocycles. The number of carbonyl (C=O) groups is 1. The Labute approximate surface area is 176 Å². The van der Waals surface area contributed by atoms with Crippen molar-refractivity contribution in [2.75, 3.05) is 26.2 Å². The Morgan fingerprint density at radius 2 is 1.82 bits per heavy atom. The molecule has 6 nitrogen and oxygen atoms in total. The molecule has 0 aliphatic carbocycles. The van der Waals surface area contributed by atoms with Crippen LogP contribution in [-0.2, 0) is 10.0 Å². The van der Waals surface area contributed by atoms with Gasteiger partial charge >= 0.3 is 0 Å². The number of rotatable bonds is 4. The van der Waals surface area contributed by atoms with E-state index in [1.807, 2.05) is 16.8 Å². The quantitative estimate of drug-likeness (QED) is 0.604. The number of thiazole rings is 1. The molecule has 1 aromatic carbocycles. The van der Waals surface area contributed by atoms with Crippen molar-refractivity contribution in [1.82, 2.24) is 14.2 Å². The van der Waals surface area contributed by atoms with E-state index in [1.165, 1.54) is 21.7 Å². The minimum atomic E-state index is -3.68. The minimum absolute atomic E-state index is 0.0938. The number of amides is 1. The van der Waals surface area contributed by atoms with Gasteiger partial charge in [-0.05, 0) is 23.6 Å². The molecule has 1 amide bonds. The molecule has 0 saturated carbocycles. The first-order valence-electron chi connectivity index (χ1n) is 8.49. The molecule has 1 aliphatic heterocycles. The zero-order valence-electron chi connectivity index (χ0n) is 14.6. The van der Waals surface area contributed by atoms with Crippen molar-refractivity contribution >= 4 is 50.2 Å². The lowest BCUT2D eigenvalue weighted by Gasteiger charge is -2.33. The molecule has 28 heavy (non-hydrogen) atoms. The SMILES string of the molecule is O=C(c1csc(-c2ccsc2)n1)N1CCN(S(=O)(=O)c2ccccc2Cl)CC1. The van der Waals surface area contributed by atoms with Gasteiger partial charge in [0, 0.05) is 42.5 Å². The molecule has 0 unspecified atom stereocenters. The number of piperazine rings is 1. The van der Waals surface area contributed by atoms with Gasteiger partial charge in [-0.3, -0.25) is 4.79 Å². The fraction of sp³-hybridized carbons (Fsp3) is 0.222. The van der Waals surface area contributed by atoms with Gasteiger partial charge in [0.25, 0.3) is 5.91 Å². The normalized spacial score (nSPS) is 15.7. The first-order chi connectivity index (χ1) is 13.5. The van der Waals surface area contributed by atoms with E-state index in [1.54, 1.807) is 39.8 Å². The molecule has 0 spiro atoms. The van der Waals surface area contributed by atoms with E-state index in [0.29, 0.717) is 18.8 Å². The van der Waals surface area contributed by atoms with E-state index in [9.17, 15) is 13.2 Å². The predicted molar refractivity (Wildman–Crippen MR) is 112 cm³/mol. The zero-order valence-corrected chi connectivity index (χ0v) is 17.8. The van der Waals surface area contributed by atoms with Crippen molar-refractivity contribution in [1.29, 1.82) is 0 Å². The number of halogens is 1. The molecule has 146 valence electrons. The predicted octanol–water partition coefficient (Wildman–Crippen LogP) is 3.67. The highest BCUT2D eigenvalue weighted by Crippen LogP contribution is 2.27. The highest BCUT2D eigenvalue weighted by atomic mass is 35.5. The van der Waals surface area contributed by atoms with Gasteiger partial charge in [-0.2, -0.15) is 15.6 Å². The summed E-state index contributed by atoms with van der Waals surface area (Å²) in [6, 6.07) is 8.36. The number of thiophene rings is 1. The molecule has 0 radical (unpaired) electrons. The molecule has 1 aliphatic rings. The maximum atomic E-state index is 12.8. The Hall–Kier alpha value is -1.78. The summed E-state index contributed by atoms with van der Waals surface area (Å²) in [5, 5.41) is 6.72. The number of hydrogen-bond donors (Lipinski definition) is 0. The second-order valence-corrected chi connectivity index (χ2v) is 10.1. The van der Waals surface area contributed by atoms with E-state index in [2.05, 4.69) is 4.98 Å². The molecular weight excluding hydrogens is 438 g/mol. The van der Waals surface area contributed by atoms with Crippen LogP contribution < -0.4 is 0 Å². The first kappa shape index (κ1) is 19.5. The fourth-order valence-corrected chi connectivity index (χ4v) is 6.40. The third-order valence-corrected chi connectivity index (χ3v) is 8.44. The highest BCUT2D eigenvalue weighted by Gasteiger charge is 2.32. The van der Waals surface area contributed by atoms with Crippen LogP contribution in [0.4, 0.5) is 0 Å². The Kier molecular flexibility index (Phi) is 5.52. The van der Waals surface area contributed by atoms with Gasteiger partial charge in [0.2, 0.25) is 10.0 Å². The van der Waals surface area contributed by atoms with Crippen molar-refractivity contribution in [2.24, 2.45) is 0 Å². The summed E-state index contributed by atoms with van der Waals surface area (Å²) in [4.78, 5) is 18.9. The molecule has 0 atom stereocenters. The number of carbonyl (C=O) groups excluding carboxylic acids is 1. The maximum absolute atomic E-state index is 12.8. The van der Waals surface area contributed by atoms with E-state index in [4.69, 9.17) is 11.6 Å². The van der Waals surface area contributed by atoms with Gasteiger partial charge in [0.1, 0.15) is 15.6 Å². The molecule has 1 fully saturated rings. The van der Waals surface area contributed by atoms with Crippen molar-refractivity contribution in [3.63, 3.8) is 0 Å². The number of hydrogen-bond acceptors (Lipinski definition) is 6.